The van der Waals surface area contributed by atoms with Gasteiger partial charge < -0.3 is 10.2 Å². The molecule has 3 aliphatic rings. The second-order valence-corrected chi connectivity index (χ2v) is 8.72. The maximum Gasteiger partial charge on any atom is 0.230 e. The van der Waals surface area contributed by atoms with Gasteiger partial charge in [0.15, 0.2) is 0 Å². The highest BCUT2D eigenvalue weighted by molar-refractivity contribution is 7.09. The molecule has 2 atom stereocenters. The van der Waals surface area contributed by atoms with Crippen molar-refractivity contribution >= 4 is 54.5 Å². The number of halogens is 3. The number of carbonyl (C=O) groups excluding carboxylic acids is 1. The predicted molar refractivity (Wildman–Crippen MR) is 118 cm³/mol. The molecular weight excluding hydrogens is 427 g/mol. The largest absolute Gasteiger partial charge is 0.340 e. The number of rotatable bonds is 3. The molecule has 1 saturated carbocycles. The van der Waals surface area contributed by atoms with Gasteiger partial charge in [0.2, 0.25) is 5.91 Å². The highest BCUT2D eigenvalue weighted by Crippen LogP contribution is 2.45. The maximum absolute atomic E-state index is 13.3. The molecular formula is C18H31Cl3N4OS. The molecule has 1 N–H and O–H groups in total. The fourth-order valence-electron chi connectivity index (χ4n) is 4.80. The van der Waals surface area contributed by atoms with E-state index in [0.29, 0.717) is 11.8 Å². The van der Waals surface area contributed by atoms with Gasteiger partial charge in [0.1, 0.15) is 0 Å². The van der Waals surface area contributed by atoms with Gasteiger partial charge >= 0.3 is 0 Å². The molecule has 0 radical (unpaired) electrons. The van der Waals surface area contributed by atoms with E-state index >= 15 is 0 Å². The van der Waals surface area contributed by atoms with Crippen molar-refractivity contribution in [1.82, 2.24) is 20.1 Å². The molecule has 3 heterocycles. The Morgan fingerprint density at radius 1 is 1.26 bits per heavy atom. The normalized spacial score (nSPS) is 27.7. The van der Waals surface area contributed by atoms with Crippen molar-refractivity contribution in [3.05, 3.63) is 16.1 Å². The van der Waals surface area contributed by atoms with Crippen molar-refractivity contribution in [1.29, 1.82) is 0 Å². The van der Waals surface area contributed by atoms with Crippen LogP contribution in [0.15, 0.2) is 5.38 Å². The first-order valence-corrected chi connectivity index (χ1v) is 10.2. The Hall–Kier alpha value is -0.110. The Bertz CT molecular complexity index is 609. The number of nitrogens with one attached hydrogen (secondary N) is 1. The molecule has 27 heavy (non-hydrogen) atoms. The lowest BCUT2D eigenvalue weighted by Crippen LogP contribution is -2.55. The SMILES string of the molecule is Cc1nc(CN2CCN(C(=O)[C@@]34CCCC[C@H]3CNC4)CC2)cs1.Cl.Cl.Cl. The molecule has 1 aromatic heterocycles. The summed E-state index contributed by atoms with van der Waals surface area (Å²) in [6.07, 6.45) is 4.82. The molecule has 156 valence electrons. The minimum Gasteiger partial charge on any atom is -0.340 e. The molecule has 2 saturated heterocycles. The van der Waals surface area contributed by atoms with Crippen LogP contribution in [0.25, 0.3) is 0 Å². The first-order valence-electron chi connectivity index (χ1n) is 9.31. The van der Waals surface area contributed by atoms with E-state index in [1.54, 1.807) is 11.3 Å². The lowest BCUT2D eigenvalue weighted by atomic mass is 9.67. The highest BCUT2D eigenvalue weighted by Gasteiger charge is 2.51. The average molecular weight is 458 g/mol. The van der Waals surface area contributed by atoms with Crippen LogP contribution in [-0.2, 0) is 11.3 Å². The molecule has 4 rings (SSSR count). The van der Waals surface area contributed by atoms with Gasteiger partial charge in [-0.2, -0.15) is 0 Å². The van der Waals surface area contributed by atoms with Crippen LogP contribution in [0.1, 0.15) is 36.4 Å². The van der Waals surface area contributed by atoms with Crippen LogP contribution in [0.3, 0.4) is 0 Å². The van der Waals surface area contributed by atoms with Gasteiger partial charge in [-0.25, -0.2) is 4.98 Å². The monoisotopic (exact) mass is 456 g/mol. The quantitative estimate of drug-likeness (QED) is 0.757. The number of piperazine rings is 1. The van der Waals surface area contributed by atoms with Crippen molar-refractivity contribution in [3.8, 4) is 0 Å². The third-order valence-corrected chi connectivity index (χ3v) is 7.00. The van der Waals surface area contributed by atoms with Crippen molar-refractivity contribution in [3.63, 3.8) is 0 Å². The molecule has 1 amide bonds. The number of hydrogen-bond acceptors (Lipinski definition) is 5. The molecule has 1 aromatic rings. The summed E-state index contributed by atoms with van der Waals surface area (Å²) in [6.45, 7) is 8.59. The molecule has 0 bridgehead atoms. The number of hydrogen-bond donors (Lipinski definition) is 1. The number of carbonyl (C=O) groups is 1. The average Bonchev–Trinajstić information content (AvgIpc) is 3.21. The number of nitrogens with zero attached hydrogens (tertiary/aromatic N) is 3. The van der Waals surface area contributed by atoms with Crippen molar-refractivity contribution in [2.45, 2.75) is 39.2 Å². The number of fused-ring (bicyclic) bond motifs is 1. The fourth-order valence-corrected chi connectivity index (χ4v) is 5.41. The molecule has 1 aliphatic carbocycles. The molecule has 0 aromatic carbocycles. The summed E-state index contributed by atoms with van der Waals surface area (Å²) in [4.78, 5) is 22.4. The predicted octanol–water partition coefficient (Wildman–Crippen LogP) is 3.14. The lowest BCUT2D eigenvalue weighted by molar-refractivity contribution is -0.147. The van der Waals surface area contributed by atoms with Gasteiger partial charge in [-0.05, 0) is 32.2 Å². The Labute approximate surface area is 184 Å². The smallest absolute Gasteiger partial charge is 0.230 e. The van der Waals surface area contributed by atoms with Crippen LogP contribution >= 0.6 is 48.6 Å². The molecule has 0 unspecified atom stereocenters. The zero-order chi connectivity index (χ0) is 16.6. The summed E-state index contributed by atoms with van der Waals surface area (Å²) in [7, 11) is 0. The van der Waals surface area contributed by atoms with Crippen molar-refractivity contribution in [2.24, 2.45) is 11.3 Å². The fraction of sp³-hybridized carbons (Fsp3) is 0.778. The molecule has 9 heteroatoms. The Kier molecular flexibility index (Phi) is 9.79. The number of aryl methyl sites for hydroxylation is 1. The zero-order valence-electron chi connectivity index (χ0n) is 15.8. The third-order valence-electron chi connectivity index (χ3n) is 6.18. The number of thiazole rings is 1. The second kappa shape index (κ2) is 10.6. The Morgan fingerprint density at radius 2 is 2.00 bits per heavy atom. The van der Waals surface area contributed by atoms with E-state index in [4.69, 9.17) is 0 Å². The van der Waals surface area contributed by atoms with Crippen LogP contribution in [0.4, 0.5) is 0 Å². The van der Waals surface area contributed by atoms with E-state index in [-0.39, 0.29) is 42.6 Å². The van der Waals surface area contributed by atoms with Gasteiger partial charge in [0.25, 0.3) is 0 Å². The van der Waals surface area contributed by atoms with E-state index in [2.05, 4.69) is 32.4 Å². The van der Waals surface area contributed by atoms with E-state index in [0.717, 1.165) is 57.2 Å². The van der Waals surface area contributed by atoms with E-state index in [1.807, 2.05) is 0 Å². The summed E-state index contributed by atoms with van der Waals surface area (Å²) in [5, 5.41) is 6.79. The summed E-state index contributed by atoms with van der Waals surface area (Å²) in [5.74, 6) is 0.996. The topological polar surface area (TPSA) is 48.5 Å². The minimum absolute atomic E-state index is 0. The number of amides is 1. The summed E-state index contributed by atoms with van der Waals surface area (Å²) < 4.78 is 0. The molecule has 0 spiro atoms. The second-order valence-electron chi connectivity index (χ2n) is 7.66. The van der Waals surface area contributed by atoms with Crippen molar-refractivity contribution in [2.75, 3.05) is 39.3 Å². The van der Waals surface area contributed by atoms with Crippen LogP contribution in [-0.4, -0.2) is 60.0 Å². The zero-order valence-corrected chi connectivity index (χ0v) is 19.1. The van der Waals surface area contributed by atoms with Gasteiger partial charge in [0, 0.05) is 44.6 Å². The van der Waals surface area contributed by atoms with Gasteiger partial charge in [-0.15, -0.1) is 48.6 Å². The Balaban J connectivity index is 0.00000121. The van der Waals surface area contributed by atoms with Crippen LogP contribution in [0.5, 0.6) is 0 Å². The van der Waals surface area contributed by atoms with E-state index < -0.39 is 0 Å². The van der Waals surface area contributed by atoms with Gasteiger partial charge in [-0.1, -0.05) is 12.8 Å². The first-order chi connectivity index (χ1) is 11.7. The minimum atomic E-state index is -0.0908. The summed E-state index contributed by atoms with van der Waals surface area (Å²) in [6, 6.07) is 0. The van der Waals surface area contributed by atoms with E-state index in [9.17, 15) is 4.79 Å². The van der Waals surface area contributed by atoms with Gasteiger partial charge in [0.05, 0.1) is 16.1 Å². The maximum atomic E-state index is 13.3. The first kappa shape index (κ1) is 24.9. The van der Waals surface area contributed by atoms with Crippen molar-refractivity contribution < 1.29 is 4.79 Å². The standard InChI is InChI=1S/C18H28N4OS.3ClH/c1-14-20-16(12-24-14)11-21-6-8-22(9-7-21)17(23)18-5-3-2-4-15(18)10-19-13-18;;;/h12,15,19H,2-11,13H2,1H3;3*1H/t15-,18+;;;/m0.../s1. The van der Waals surface area contributed by atoms with Crippen LogP contribution < -0.4 is 5.32 Å². The molecule has 3 fully saturated rings. The van der Waals surface area contributed by atoms with Crippen LogP contribution in [0, 0.1) is 18.3 Å². The summed E-state index contributed by atoms with van der Waals surface area (Å²) >= 11 is 1.72. The third kappa shape index (κ3) is 5.09. The van der Waals surface area contributed by atoms with Crippen LogP contribution in [0.2, 0.25) is 0 Å². The van der Waals surface area contributed by atoms with Gasteiger partial charge in [-0.3, -0.25) is 9.69 Å². The molecule has 2 aliphatic heterocycles. The molecule has 5 nitrogen and oxygen atoms in total. The number of aromatic nitrogens is 1. The highest BCUT2D eigenvalue weighted by atomic mass is 35.5. The Morgan fingerprint density at radius 3 is 2.67 bits per heavy atom. The van der Waals surface area contributed by atoms with E-state index in [1.165, 1.54) is 25.0 Å². The summed E-state index contributed by atoms with van der Waals surface area (Å²) in [5.41, 5.74) is 1.08. The lowest BCUT2D eigenvalue weighted by Gasteiger charge is -2.43.